The Kier molecular flexibility index (Phi) is 4.86. The van der Waals surface area contributed by atoms with Gasteiger partial charge < -0.3 is 14.4 Å². The topological polar surface area (TPSA) is 38.8 Å². The van der Waals surface area contributed by atoms with Gasteiger partial charge in [-0.3, -0.25) is 4.79 Å². The summed E-state index contributed by atoms with van der Waals surface area (Å²) in [5, 5.41) is 2.01. The fourth-order valence-electron chi connectivity index (χ4n) is 3.15. The van der Waals surface area contributed by atoms with Crippen molar-refractivity contribution in [3.63, 3.8) is 0 Å². The molecule has 1 saturated heterocycles. The van der Waals surface area contributed by atoms with E-state index >= 15 is 0 Å². The molecule has 0 bridgehead atoms. The molecule has 0 aliphatic carbocycles. The van der Waals surface area contributed by atoms with Gasteiger partial charge in [0.1, 0.15) is 11.5 Å². The number of ether oxygens (including phenoxy) is 2. The van der Waals surface area contributed by atoms with Crippen LogP contribution < -0.4 is 9.47 Å². The lowest BCUT2D eigenvalue weighted by Gasteiger charge is -2.26. The van der Waals surface area contributed by atoms with Crippen LogP contribution in [0.2, 0.25) is 0 Å². The zero-order valence-corrected chi connectivity index (χ0v) is 14.3. The van der Waals surface area contributed by atoms with Crippen molar-refractivity contribution >= 4 is 17.2 Å². The van der Waals surface area contributed by atoms with Gasteiger partial charge in [-0.15, -0.1) is 11.3 Å². The maximum Gasteiger partial charge on any atom is 0.228 e. The molecule has 3 rings (SSSR count). The summed E-state index contributed by atoms with van der Waals surface area (Å²) in [6.45, 7) is 0.810. The molecule has 1 amide bonds. The lowest BCUT2D eigenvalue weighted by atomic mass is 10.0. The number of likely N-dealkylation sites (tertiary alicyclic amines) is 1. The Morgan fingerprint density at radius 1 is 1.30 bits per heavy atom. The predicted octanol–water partition coefficient (Wildman–Crippen LogP) is 3.67. The van der Waals surface area contributed by atoms with Gasteiger partial charge in [0.2, 0.25) is 5.91 Å². The lowest BCUT2D eigenvalue weighted by Crippen LogP contribution is -2.31. The number of hydrogen-bond acceptors (Lipinski definition) is 4. The van der Waals surface area contributed by atoms with Crippen LogP contribution >= 0.6 is 11.3 Å². The summed E-state index contributed by atoms with van der Waals surface area (Å²) >= 11 is 1.63. The molecule has 1 aliphatic rings. The second-order valence-corrected chi connectivity index (χ2v) is 6.64. The molecule has 1 unspecified atom stereocenters. The van der Waals surface area contributed by atoms with E-state index in [1.165, 1.54) is 0 Å². The van der Waals surface area contributed by atoms with E-state index in [-0.39, 0.29) is 11.9 Å². The average molecular weight is 331 g/mol. The van der Waals surface area contributed by atoms with E-state index in [1.54, 1.807) is 25.6 Å². The number of amides is 1. The van der Waals surface area contributed by atoms with Crippen molar-refractivity contribution in [2.45, 2.75) is 25.3 Å². The number of hydrogen-bond donors (Lipinski definition) is 0. The summed E-state index contributed by atoms with van der Waals surface area (Å²) in [4.78, 5) is 15.8. The van der Waals surface area contributed by atoms with Gasteiger partial charge in [0.05, 0.1) is 26.7 Å². The van der Waals surface area contributed by atoms with Crippen molar-refractivity contribution in [1.82, 2.24) is 4.90 Å². The predicted molar refractivity (Wildman–Crippen MR) is 91.3 cm³/mol. The first-order chi connectivity index (χ1) is 11.2. The van der Waals surface area contributed by atoms with E-state index < -0.39 is 0 Å². The van der Waals surface area contributed by atoms with Crippen LogP contribution in [0.15, 0.2) is 35.7 Å². The molecule has 1 atom stereocenters. The zero-order valence-electron chi connectivity index (χ0n) is 13.5. The van der Waals surface area contributed by atoms with E-state index in [0.29, 0.717) is 6.42 Å². The highest BCUT2D eigenvalue weighted by Gasteiger charge is 2.31. The first kappa shape index (κ1) is 15.9. The summed E-state index contributed by atoms with van der Waals surface area (Å²) in [7, 11) is 3.30. The monoisotopic (exact) mass is 331 g/mol. The molecule has 4 nitrogen and oxygen atoms in total. The smallest absolute Gasteiger partial charge is 0.228 e. The van der Waals surface area contributed by atoms with Crippen LogP contribution in [-0.4, -0.2) is 31.6 Å². The Morgan fingerprint density at radius 3 is 2.87 bits per heavy atom. The van der Waals surface area contributed by atoms with Crippen LogP contribution in [0.4, 0.5) is 0 Å². The third-order valence-electron chi connectivity index (χ3n) is 4.28. The largest absolute Gasteiger partial charge is 0.497 e. The molecular formula is C18H21NO3S. The highest BCUT2D eigenvalue weighted by molar-refractivity contribution is 7.10. The minimum atomic E-state index is 0.0864. The third kappa shape index (κ3) is 3.34. The molecular weight excluding hydrogens is 310 g/mol. The minimum Gasteiger partial charge on any atom is -0.497 e. The molecule has 1 aliphatic heterocycles. The van der Waals surface area contributed by atoms with E-state index in [1.807, 2.05) is 40.6 Å². The maximum atomic E-state index is 12.7. The Bertz CT molecular complexity index is 669. The van der Waals surface area contributed by atoms with Gasteiger partial charge in [-0.05, 0) is 36.4 Å². The first-order valence-electron chi connectivity index (χ1n) is 7.76. The molecule has 1 aromatic carbocycles. The molecule has 0 radical (unpaired) electrons. The summed E-state index contributed by atoms with van der Waals surface area (Å²) in [5.74, 6) is 1.73. The summed E-state index contributed by atoms with van der Waals surface area (Å²) in [6.07, 6.45) is 2.47. The first-order valence-corrected chi connectivity index (χ1v) is 8.64. The van der Waals surface area contributed by atoms with E-state index in [9.17, 15) is 4.79 Å². The Balaban J connectivity index is 1.82. The van der Waals surface area contributed by atoms with Gasteiger partial charge in [0, 0.05) is 23.1 Å². The highest BCUT2D eigenvalue weighted by Crippen LogP contribution is 2.39. The van der Waals surface area contributed by atoms with E-state index in [0.717, 1.165) is 41.3 Å². The molecule has 1 aromatic heterocycles. The number of nitrogens with zero attached hydrogens (tertiary/aromatic N) is 1. The van der Waals surface area contributed by atoms with Crippen LogP contribution in [0, 0.1) is 0 Å². The van der Waals surface area contributed by atoms with Crippen molar-refractivity contribution in [3.8, 4) is 11.5 Å². The summed E-state index contributed by atoms with van der Waals surface area (Å²) < 4.78 is 10.8. The van der Waals surface area contributed by atoms with Crippen molar-refractivity contribution in [3.05, 3.63) is 46.2 Å². The number of carbonyl (C=O) groups is 1. The van der Waals surface area contributed by atoms with Gasteiger partial charge in [-0.25, -0.2) is 0 Å². The molecule has 0 N–H and O–H groups in total. The number of benzene rings is 1. The molecule has 0 saturated carbocycles. The van der Waals surface area contributed by atoms with Gasteiger partial charge in [-0.1, -0.05) is 6.07 Å². The number of thiophene rings is 1. The Morgan fingerprint density at radius 2 is 2.17 bits per heavy atom. The Hall–Kier alpha value is -2.01. The number of rotatable bonds is 5. The fraction of sp³-hybridized carbons (Fsp3) is 0.389. The van der Waals surface area contributed by atoms with Crippen LogP contribution in [0.3, 0.4) is 0 Å². The van der Waals surface area contributed by atoms with Crippen molar-refractivity contribution in [2.75, 3.05) is 20.8 Å². The van der Waals surface area contributed by atoms with Crippen molar-refractivity contribution in [2.24, 2.45) is 0 Å². The normalized spacial score (nSPS) is 17.3. The molecule has 122 valence electrons. The summed E-state index contributed by atoms with van der Waals surface area (Å²) in [6, 6.07) is 9.92. The highest BCUT2D eigenvalue weighted by atomic mass is 32.1. The second kappa shape index (κ2) is 7.04. The quantitative estimate of drug-likeness (QED) is 0.839. The second-order valence-electron chi connectivity index (χ2n) is 5.61. The minimum absolute atomic E-state index is 0.0864. The molecule has 5 heteroatoms. The third-order valence-corrected chi connectivity index (χ3v) is 5.15. The molecule has 1 fully saturated rings. The summed E-state index contributed by atoms with van der Waals surface area (Å²) in [5.41, 5.74) is 1.06. The number of carbonyl (C=O) groups excluding carboxylic acids is 1. The SMILES string of the molecule is COc1ccc(C2CCCN2C(=O)Cc2cccs2)c(OC)c1. The van der Waals surface area contributed by atoms with E-state index in [4.69, 9.17) is 9.47 Å². The zero-order chi connectivity index (χ0) is 16.2. The average Bonchev–Trinajstić information content (AvgIpc) is 3.25. The molecule has 23 heavy (non-hydrogen) atoms. The van der Waals surface area contributed by atoms with Gasteiger partial charge >= 0.3 is 0 Å². The van der Waals surface area contributed by atoms with Crippen LogP contribution in [0.5, 0.6) is 11.5 Å². The lowest BCUT2D eigenvalue weighted by molar-refractivity contribution is -0.131. The molecule has 0 spiro atoms. The van der Waals surface area contributed by atoms with Gasteiger partial charge in [0.15, 0.2) is 0 Å². The molecule has 2 heterocycles. The van der Waals surface area contributed by atoms with Crippen molar-refractivity contribution in [1.29, 1.82) is 0 Å². The van der Waals surface area contributed by atoms with Crippen molar-refractivity contribution < 1.29 is 14.3 Å². The molecule has 2 aromatic rings. The van der Waals surface area contributed by atoms with Crippen LogP contribution in [-0.2, 0) is 11.2 Å². The maximum absolute atomic E-state index is 12.7. The van der Waals surface area contributed by atoms with Gasteiger partial charge in [-0.2, -0.15) is 0 Å². The van der Waals surface area contributed by atoms with Crippen LogP contribution in [0.1, 0.15) is 29.3 Å². The fourth-order valence-corrected chi connectivity index (χ4v) is 3.84. The number of methoxy groups -OCH3 is 2. The Labute approximate surface area is 140 Å². The van der Waals surface area contributed by atoms with E-state index in [2.05, 4.69) is 0 Å². The van der Waals surface area contributed by atoms with Crippen LogP contribution in [0.25, 0.3) is 0 Å². The standard InChI is InChI=1S/C18H21NO3S/c1-21-13-7-8-15(17(11-13)22-2)16-6-3-9-19(16)18(20)12-14-5-4-10-23-14/h4-5,7-8,10-11,16H,3,6,9,12H2,1-2H3. The van der Waals surface area contributed by atoms with Gasteiger partial charge in [0.25, 0.3) is 0 Å².